The minimum Gasteiger partial charge on any atom is -0.358 e. The number of hydrogen-bond acceptors (Lipinski definition) is 1. The predicted octanol–water partition coefficient (Wildman–Crippen LogP) is 9.64. The van der Waals surface area contributed by atoms with Crippen molar-refractivity contribution in [1.82, 2.24) is 4.98 Å². The Morgan fingerprint density at radius 3 is 2.65 bits per heavy atom. The van der Waals surface area contributed by atoms with Crippen molar-refractivity contribution in [1.29, 1.82) is 0 Å². The van der Waals surface area contributed by atoms with Gasteiger partial charge < -0.3 is 9.88 Å². The van der Waals surface area contributed by atoms with Crippen LogP contribution in [-0.4, -0.2) is 10.5 Å². The zero-order valence-electron chi connectivity index (χ0n) is 23.4. The first kappa shape index (κ1) is 23.8. The van der Waals surface area contributed by atoms with Crippen LogP contribution in [0.1, 0.15) is 78.6 Å². The first-order valence-electron chi connectivity index (χ1n) is 15.0. The predicted molar refractivity (Wildman–Crippen MR) is 169 cm³/mol. The number of hydrogen-bond donors (Lipinski definition) is 1. The maximum Gasteiger partial charge on any atom is 0.0712 e. The summed E-state index contributed by atoms with van der Waals surface area (Å²) in [4.78, 5) is 6.34. The number of aromatic amines is 1. The fraction of sp³-hybridized carbons (Fsp3) is 0.263. The zero-order valence-corrected chi connectivity index (χ0v) is 23.4. The lowest BCUT2D eigenvalue weighted by Crippen LogP contribution is -2.42. The third kappa shape index (κ3) is 3.55. The lowest BCUT2D eigenvalue weighted by molar-refractivity contribution is 0.532. The van der Waals surface area contributed by atoms with Crippen LogP contribution < -0.4 is 4.90 Å². The van der Waals surface area contributed by atoms with Crippen molar-refractivity contribution in [2.75, 3.05) is 4.90 Å². The van der Waals surface area contributed by atoms with Gasteiger partial charge in [-0.2, -0.15) is 0 Å². The van der Waals surface area contributed by atoms with E-state index in [2.05, 4.69) is 133 Å². The molecule has 2 nitrogen and oxygen atoms in total. The number of para-hydroxylation sites is 1. The van der Waals surface area contributed by atoms with E-state index >= 15 is 0 Å². The molecular weight excluding hydrogens is 484 g/mol. The summed E-state index contributed by atoms with van der Waals surface area (Å²) in [5, 5.41) is 0. The first-order valence-corrected chi connectivity index (χ1v) is 15.0. The van der Waals surface area contributed by atoms with Crippen LogP contribution in [0.4, 0.5) is 11.4 Å². The lowest BCUT2D eigenvalue weighted by Gasteiger charge is -2.40. The van der Waals surface area contributed by atoms with Crippen LogP contribution in [0, 0.1) is 5.92 Å². The molecule has 3 aromatic rings. The number of aromatic nitrogens is 1. The molecule has 2 heteroatoms. The van der Waals surface area contributed by atoms with E-state index in [1.807, 2.05) is 0 Å². The highest BCUT2D eigenvalue weighted by atomic mass is 15.2. The summed E-state index contributed by atoms with van der Waals surface area (Å²) in [6.45, 7) is 4.76. The van der Waals surface area contributed by atoms with Gasteiger partial charge in [0.05, 0.1) is 5.54 Å². The van der Waals surface area contributed by atoms with E-state index in [9.17, 15) is 0 Å². The Balaban J connectivity index is 1.13. The SMILES string of the molecule is CC1CC=Cc2[nH]c3c(c21)C=CC(C1=CC2c4ccccc4N(c4ccc(C5=CCCC=C5)cc4)C2(C)C=C1)C3. The van der Waals surface area contributed by atoms with Crippen molar-refractivity contribution in [2.24, 2.45) is 5.92 Å². The molecule has 2 aromatic carbocycles. The van der Waals surface area contributed by atoms with E-state index in [-0.39, 0.29) is 5.54 Å². The average molecular weight is 521 g/mol. The van der Waals surface area contributed by atoms with Crippen LogP contribution in [0.25, 0.3) is 17.7 Å². The Morgan fingerprint density at radius 1 is 0.925 bits per heavy atom. The lowest BCUT2D eigenvalue weighted by atomic mass is 9.74. The Hall–Kier alpha value is -4.04. The standard InChI is InChI=1S/C38H36N2/c1-25-9-8-13-34-37(25)32-20-17-28(24-35(32)39-34)29-21-22-38(2)33(23-29)31-12-6-7-14-36(31)40(38)30-18-15-27(16-19-30)26-10-4-3-5-11-26/h4,6-8,10-23,25,28,33,39H,3,5,9,24H2,1-2H3. The molecule has 0 saturated carbocycles. The van der Waals surface area contributed by atoms with Crippen molar-refractivity contribution in [3.05, 3.63) is 136 Å². The van der Waals surface area contributed by atoms with Gasteiger partial charge >= 0.3 is 0 Å². The number of rotatable bonds is 3. The van der Waals surface area contributed by atoms with E-state index in [0.717, 1.165) is 25.7 Å². The number of benzene rings is 2. The minimum absolute atomic E-state index is 0.145. The molecule has 1 N–H and O–H groups in total. The quantitative estimate of drug-likeness (QED) is 0.364. The number of allylic oxidation sites excluding steroid dienone is 8. The Bertz CT molecular complexity index is 1690. The zero-order chi connectivity index (χ0) is 26.8. The summed E-state index contributed by atoms with van der Waals surface area (Å²) < 4.78 is 0. The third-order valence-corrected chi connectivity index (χ3v) is 9.86. The van der Waals surface area contributed by atoms with E-state index in [1.54, 1.807) is 0 Å². The van der Waals surface area contributed by atoms with E-state index in [4.69, 9.17) is 0 Å². The van der Waals surface area contributed by atoms with Gasteiger partial charge in [0, 0.05) is 34.6 Å². The molecule has 0 amide bonds. The molecule has 0 spiro atoms. The molecule has 4 aliphatic carbocycles. The van der Waals surface area contributed by atoms with Crippen LogP contribution in [0.5, 0.6) is 0 Å². The molecule has 1 aliphatic heterocycles. The van der Waals surface area contributed by atoms with E-state index in [1.165, 1.54) is 56.2 Å². The van der Waals surface area contributed by atoms with Crippen LogP contribution >= 0.6 is 0 Å². The van der Waals surface area contributed by atoms with Crippen molar-refractivity contribution < 1.29 is 0 Å². The molecule has 4 atom stereocenters. The highest BCUT2D eigenvalue weighted by Gasteiger charge is 2.48. The summed E-state index contributed by atoms with van der Waals surface area (Å²) in [6, 6.07) is 18.2. The summed E-state index contributed by atoms with van der Waals surface area (Å²) in [5.74, 6) is 1.29. The maximum absolute atomic E-state index is 3.77. The highest BCUT2D eigenvalue weighted by Crippen LogP contribution is 2.55. The topological polar surface area (TPSA) is 19.0 Å². The molecular formula is C38H36N2. The van der Waals surface area contributed by atoms with E-state index in [0.29, 0.717) is 17.8 Å². The summed E-state index contributed by atoms with van der Waals surface area (Å²) in [6.07, 6.45) is 28.2. The molecule has 0 fully saturated rings. The minimum atomic E-state index is -0.145. The van der Waals surface area contributed by atoms with E-state index < -0.39 is 0 Å². The molecule has 0 radical (unpaired) electrons. The molecule has 2 heterocycles. The second kappa shape index (κ2) is 8.99. The van der Waals surface area contributed by atoms with Gasteiger partial charge in [-0.25, -0.2) is 0 Å². The van der Waals surface area contributed by atoms with Crippen LogP contribution in [-0.2, 0) is 6.42 Å². The Labute approximate surface area is 237 Å². The van der Waals surface area contributed by atoms with Gasteiger partial charge in [-0.15, -0.1) is 0 Å². The second-order valence-corrected chi connectivity index (χ2v) is 12.3. The van der Waals surface area contributed by atoms with Crippen molar-refractivity contribution in [3.63, 3.8) is 0 Å². The van der Waals surface area contributed by atoms with Crippen LogP contribution in [0.15, 0.2) is 103 Å². The average Bonchev–Trinajstić information content (AvgIpc) is 3.50. The molecule has 0 bridgehead atoms. The molecule has 0 saturated heterocycles. The smallest absolute Gasteiger partial charge is 0.0712 e. The summed E-state index contributed by atoms with van der Waals surface area (Å²) in [5.41, 5.74) is 13.6. The number of nitrogens with one attached hydrogen (secondary N) is 1. The maximum atomic E-state index is 3.77. The van der Waals surface area contributed by atoms with Gasteiger partial charge in [-0.3, -0.25) is 0 Å². The molecule has 1 aromatic heterocycles. The number of H-pyrrole nitrogens is 1. The van der Waals surface area contributed by atoms with Crippen molar-refractivity contribution in [2.45, 2.75) is 56.9 Å². The fourth-order valence-corrected chi connectivity index (χ4v) is 7.77. The van der Waals surface area contributed by atoms with Crippen LogP contribution in [0.2, 0.25) is 0 Å². The first-order chi connectivity index (χ1) is 19.6. The summed E-state index contributed by atoms with van der Waals surface area (Å²) >= 11 is 0. The monoisotopic (exact) mass is 520 g/mol. The van der Waals surface area contributed by atoms with Gasteiger partial charge in [-0.05, 0) is 96.2 Å². The van der Waals surface area contributed by atoms with Gasteiger partial charge in [0.25, 0.3) is 0 Å². The molecule has 8 rings (SSSR count). The molecule has 5 aliphatic rings. The van der Waals surface area contributed by atoms with Crippen molar-refractivity contribution in [3.8, 4) is 0 Å². The normalized spacial score (nSPS) is 27.6. The van der Waals surface area contributed by atoms with Gasteiger partial charge in [0.2, 0.25) is 0 Å². The van der Waals surface area contributed by atoms with Gasteiger partial charge in [-0.1, -0.05) is 91.9 Å². The largest absolute Gasteiger partial charge is 0.358 e. The second-order valence-electron chi connectivity index (χ2n) is 12.3. The molecule has 4 unspecified atom stereocenters. The third-order valence-electron chi connectivity index (χ3n) is 9.86. The van der Waals surface area contributed by atoms with Gasteiger partial charge in [0.1, 0.15) is 0 Å². The molecule has 198 valence electrons. The fourth-order valence-electron chi connectivity index (χ4n) is 7.77. The highest BCUT2D eigenvalue weighted by molar-refractivity contribution is 5.81. The number of anilines is 2. The van der Waals surface area contributed by atoms with Gasteiger partial charge in [0.15, 0.2) is 0 Å². The van der Waals surface area contributed by atoms with Crippen molar-refractivity contribution >= 4 is 29.1 Å². The molecule has 40 heavy (non-hydrogen) atoms. The number of fused-ring (bicyclic) bond motifs is 6. The Kier molecular flexibility index (Phi) is 5.35. The summed E-state index contributed by atoms with van der Waals surface area (Å²) in [7, 11) is 0. The number of nitrogens with zero attached hydrogens (tertiary/aromatic N) is 1. The Morgan fingerprint density at radius 2 is 1.80 bits per heavy atom. The van der Waals surface area contributed by atoms with Crippen LogP contribution in [0.3, 0.4) is 0 Å².